The Kier molecular flexibility index (Phi) is 5.11. The van der Waals surface area contributed by atoms with E-state index in [4.69, 9.17) is 5.73 Å². The predicted octanol–water partition coefficient (Wildman–Crippen LogP) is 1.74. The van der Waals surface area contributed by atoms with Crippen LogP contribution in [0.3, 0.4) is 0 Å². The molecule has 0 unspecified atom stereocenters. The first-order valence-corrected chi connectivity index (χ1v) is 5.93. The van der Waals surface area contributed by atoms with Gasteiger partial charge in [-0.25, -0.2) is 4.39 Å². The van der Waals surface area contributed by atoms with E-state index in [0.717, 1.165) is 24.8 Å². The van der Waals surface area contributed by atoms with E-state index in [2.05, 4.69) is 5.32 Å². The molecule has 0 saturated heterocycles. The normalized spacial score (nSPS) is 16.3. The summed E-state index contributed by atoms with van der Waals surface area (Å²) in [6.45, 7) is 0.890. The lowest BCUT2D eigenvalue weighted by Gasteiger charge is -2.40. The molecule has 1 aliphatic carbocycles. The molecule has 0 bridgehead atoms. The Hall–Kier alpha value is -1.13. The Morgan fingerprint density at radius 1 is 1.44 bits per heavy atom. The van der Waals surface area contributed by atoms with E-state index >= 15 is 0 Å². The summed E-state index contributed by atoms with van der Waals surface area (Å²) in [7, 11) is 0. The van der Waals surface area contributed by atoms with Crippen molar-refractivity contribution >= 4 is 18.3 Å². The monoisotopic (exact) mass is 272 g/mol. The molecule has 1 saturated carbocycles. The van der Waals surface area contributed by atoms with Crippen molar-refractivity contribution in [3.05, 3.63) is 35.6 Å². The van der Waals surface area contributed by atoms with Crippen LogP contribution < -0.4 is 11.1 Å². The van der Waals surface area contributed by atoms with Crippen molar-refractivity contribution in [3.8, 4) is 0 Å². The maximum Gasteiger partial charge on any atom is 0.230 e. The van der Waals surface area contributed by atoms with Gasteiger partial charge < -0.3 is 11.1 Å². The summed E-state index contributed by atoms with van der Waals surface area (Å²) >= 11 is 0. The predicted molar refractivity (Wildman–Crippen MR) is 71.2 cm³/mol. The summed E-state index contributed by atoms with van der Waals surface area (Å²) < 4.78 is 13.2. The van der Waals surface area contributed by atoms with Gasteiger partial charge in [0.05, 0.1) is 5.41 Å². The molecule has 1 aromatic carbocycles. The molecule has 100 valence electrons. The maximum atomic E-state index is 13.2. The van der Waals surface area contributed by atoms with Gasteiger partial charge in [0.25, 0.3) is 0 Å². The van der Waals surface area contributed by atoms with Crippen LogP contribution in [0.15, 0.2) is 24.3 Å². The smallest absolute Gasteiger partial charge is 0.230 e. The first-order chi connectivity index (χ1) is 8.19. The molecule has 5 heteroatoms. The van der Waals surface area contributed by atoms with Gasteiger partial charge in [0.1, 0.15) is 5.82 Å². The van der Waals surface area contributed by atoms with Gasteiger partial charge in [0.2, 0.25) is 5.91 Å². The van der Waals surface area contributed by atoms with Crippen LogP contribution >= 0.6 is 12.4 Å². The number of hydrogen-bond donors (Lipinski definition) is 2. The van der Waals surface area contributed by atoms with Crippen molar-refractivity contribution in [2.24, 2.45) is 5.73 Å². The highest BCUT2D eigenvalue weighted by molar-refractivity contribution is 5.89. The van der Waals surface area contributed by atoms with E-state index in [9.17, 15) is 9.18 Å². The lowest BCUT2D eigenvalue weighted by Crippen LogP contribution is -2.50. The van der Waals surface area contributed by atoms with Crippen molar-refractivity contribution in [3.63, 3.8) is 0 Å². The van der Waals surface area contributed by atoms with Crippen molar-refractivity contribution in [2.45, 2.75) is 24.7 Å². The number of rotatable bonds is 4. The lowest BCUT2D eigenvalue weighted by molar-refractivity contribution is -0.129. The summed E-state index contributed by atoms with van der Waals surface area (Å²) in [4.78, 5) is 12.1. The number of nitrogens with two attached hydrogens (primary N) is 1. The van der Waals surface area contributed by atoms with Gasteiger partial charge in [0.15, 0.2) is 0 Å². The fourth-order valence-corrected chi connectivity index (χ4v) is 2.32. The van der Waals surface area contributed by atoms with Crippen LogP contribution in [-0.4, -0.2) is 19.0 Å². The Morgan fingerprint density at radius 3 is 2.67 bits per heavy atom. The number of carbonyl (C=O) groups excluding carboxylic acids is 1. The number of hydrogen-bond acceptors (Lipinski definition) is 2. The van der Waals surface area contributed by atoms with Crippen LogP contribution in [0.4, 0.5) is 4.39 Å². The summed E-state index contributed by atoms with van der Waals surface area (Å²) in [5.41, 5.74) is 5.61. The number of halogens is 2. The Morgan fingerprint density at radius 2 is 2.17 bits per heavy atom. The quantitative estimate of drug-likeness (QED) is 0.877. The standard InChI is InChI=1S/C13H17FN2O.ClH/c14-11-4-1-3-10(9-11)13(5-2-6-13)12(17)16-8-7-15;/h1,3-4,9H,2,5-8,15H2,(H,16,17);1H. The fourth-order valence-electron chi connectivity index (χ4n) is 2.32. The highest BCUT2D eigenvalue weighted by Crippen LogP contribution is 2.44. The summed E-state index contributed by atoms with van der Waals surface area (Å²) in [6, 6.07) is 6.33. The van der Waals surface area contributed by atoms with Crippen molar-refractivity contribution in [2.75, 3.05) is 13.1 Å². The topological polar surface area (TPSA) is 55.1 Å². The minimum Gasteiger partial charge on any atom is -0.354 e. The summed E-state index contributed by atoms with van der Waals surface area (Å²) in [5, 5.41) is 2.81. The molecule has 1 fully saturated rings. The number of nitrogens with one attached hydrogen (secondary N) is 1. The molecular weight excluding hydrogens is 255 g/mol. The molecule has 0 aromatic heterocycles. The van der Waals surface area contributed by atoms with Crippen LogP contribution in [0.2, 0.25) is 0 Å². The molecule has 0 atom stereocenters. The molecule has 0 radical (unpaired) electrons. The molecule has 1 aromatic rings. The van der Waals surface area contributed by atoms with Crippen LogP contribution in [0.25, 0.3) is 0 Å². The molecule has 3 nitrogen and oxygen atoms in total. The van der Waals surface area contributed by atoms with Crippen molar-refractivity contribution in [1.29, 1.82) is 0 Å². The Labute approximate surface area is 112 Å². The highest BCUT2D eigenvalue weighted by atomic mass is 35.5. The molecule has 18 heavy (non-hydrogen) atoms. The molecular formula is C13H18ClFN2O. The Balaban J connectivity index is 0.00000162. The third-order valence-electron chi connectivity index (χ3n) is 3.45. The second-order valence-electron chi connectivity index (χ2n) is 4.49. The van der Waals surface area contributed by atoms with E-state index in [1.807, 2.05) is 6.07 Å². The van der Waals surface area contributed by atoms with E-state index in [-0.39, 0.29) is 24.1 Å². The van der Waals surface area contributed by atoms with Gasteiger partial charge >= 0.3 is 0 Å². The largest absolute Gasteiger partial charge is 0.354 e. The van der Waals surface area contributed by atoms with Crippen molar-refractivity contribution < 1.29 is 9.18 Å². The molecule has 0 heterocycles. The van der Waals surface area contributed by atoms with Gasteiger partial charge in [-0.15, -0.1) is 12.4 Å². The zero-order chi connectivity index (χ0) is 12.3. The van der Waals surface area contributed by atoms with E-state index in [1.54, 1.807) is 6.07 Å². The average molecular weight is 273 g/mol. The van der Waals surface area contributed by atoms with E-state index in [0.29, 0.717) is 13.1 Å². The Bertz CT molecular complexity index is 421. The number of carbonyl (C=O) groups is 1. The van der Waals surface area contributed by atoms with Gasteiger partial charge in [0, 0.05) is 13.1 Å². The molecule has 0 spiro atoms. The summed E-state index contributed by atoms with van der Waals surface area (Å²) in [5.74, 6) is -0.319. The van der Waals surface area contributed by atoms with Gasteiger partial charge in [-0.05, 0) is 30.5 Å². The van der Waals surface area contributed by atoms with E-state index < -0.39 is 5.41 Å². The van der Waals surface area contributed by atoms with Gasteiger partial charge in [-0.1, -0.05) is 18.6 Å². The molecule has 1 amide bonds. The van der Waals surface area contributed by atoms with Crippen LogP contribution in [0, 0.1) is 5.82 Å². The first kappa shape index (κ1) is 14.9. The van der Waals surface area contributed by atoms with E-state index in [1.165, 1.54) is 12.1 Å². The fraction of sp³-hybridized carbons (Fsp3) is 0.462. The number of amides is 1. The van der Waals surface area contributed by atoms with Crippen LogP contribution in [0.5, 0.6) is 0 Å². The minimum absolute atomic E-state index is 0. The molecule has 1 aliphatic rings. The summed E-state index contributed by atoms with van der Waals surface area (Å²) in [6.07, 6.45) is 2.58. The van der Waals surface area contributed by atoms with Gasteiger partial charge in [-0.3, -0.25) is 4.79 Å². The van der Waals surface area contributed by atoms with Crippen molar-refractivity contribution in [1.82, 2.24) is 5.32 Å². The maximum absolute atomic E-state index is 13.2. The highest BCUT2D eigenvalue weighted by Gasteiger charge is 2.45. The second kappa shape index (κ2) is 6.16. The zero-order valence-corrected chi connectivity index (χ0v) is 10.9. The zero-order valence-electron chi connectivity index (χ0n) is 10.1. The van der Waals surface area contributed by atoms with Gasteiger partial charge in [-0.2, -0.15) is 0 Å². The van der Waals surface area contributed by atoms with Crippen LogP contribution in [0.1, 0.15) is 24.8 Å². The third kappa shape index (κ3) is 2.65. The average Bonchev–Trinajstić information content (AvgIpc) is 2.25. The first-order valence-electron chi connectivity index (χ1n) is 5.93. The molecule has 3 N–H and O–H groups in total. The van der Waals surface area contributed by atoms with Crippen LogP contribution in [-0.2, 0) is 10.2 Å². The minimum atomic E-state index is -0.530. The molecule has 0 aliphatic heterocycles. The lowest BCUT2D eigenvalue weighted by atomic mass is 9.64. The SMILES string of the molecule is Cl.NCCNC(=O)C1(c2cccc(F)c2)CCC1. The third-order valence-corrected chi connectivity index (χ3v) is 3.45. The number of benzene rings is 1. The molecule has 2 rings (SSSR count). The second-order valence-corrected chi connectivity index (χ2v) is 4.49.